The van der Waals surface area contributed by atoms with E-state index in [-0.39, 0.29) is 11.7 Å². The second-order valence-electron chi connectivity index (χ2n) is 6.47. The second kappa shape index (κ2) is 9.47. The molecule has 0 bridgehead atoms. The number of carbonyl (C=O) groups excluding carboxylic acids is 1. The first-order chi connectivity index (χ1) is 14.0. The molecule has 0 N–H and O–H groups in total. The number of benzene rings is 2. The van der Waals surface area contributed by atoms with Crippen LogP contribution in [0.1, 0.15) is 11.1 Å². The molecule has 0 spiro atoms. The van der Waals surface area contributed by atoms with Crippen molar-refractivity contribution in [3.63, 3.8) is 0 Å². The summed E-state index contributed by atoms with van der Waals surface area (Å²) in [5.41, 5.74) is 3.00. The molecule has 0 aliphatic heterocycles. The SMILES string of the molecule is COc1ccc(-c2nnc(SCC(=O)N(C)Cc3ccc(C)cc3)o2)cc1OC. The molecular formula is C21H23N3O4S. The van der Waals surface area contributed by atoms with E-state index in [1.165, 1.54) is 17.3 Å². The molecule has 0 aliphatic rings. The van der Waals surface area contributed by atoms with Gasteiger partial charge in [0.05, 0.1) is 20.0 Å². The molecule has 0 fully saturated rings. The fourth-order valence-electron chi connectivity index (χ4n) is 2.64. The number of ether oxygens (including phenoxy) is 2. The van der Waals surface area contributed by atoms with E-state index in [4.69, 9.17) is 13.9 Å². The van der Waals surface area contributed by atoms with Crippen molar-refractivity contribution in [2.45, 2.75) is 18.7 Å². The smallest absolute Gasteiger partial charge is 0.277 e. The van der Waals surface area contributed by atoms with Crippen molar-refractivity contribution in [3.8, 4) is 23.0 Å². The number of methoxy groups -OCH3 is 2. The molecule has 0 atom stereocenters. The fraction of sp³-hybridized carbons (Fsp3) is 0.286. The summed E-state index contributed by atoms with van der Waals surface area (Å²) in [6.07, 6.45) is 0. The third kappa shape index (κ3) is 5.29. The van der Waals surface area contributed by atoms with Crippen molar-refractivity contribution in [1.29, 1.82) is 0 Å². The number of rotatable bonds is 8. The van der Waals surface area contributed by atoms with Crippen molar-refractivity contribution in [2.24, 2.45) is 0 Å². The topological polar surface area (TPSA) is 77.7 Å². The van der Waals surface area contributed by atoms with Crippen LogP contribution < -0.4 is 9.47 Å². The minimum Gasteiger partial charge on any atom is -0.493 e. The number of amides is 1. The van der Waals surface area contributed by atoms with Crippen LogP contribution in [0.2, 0.25) is 0 Å². The van der Waals surface area contributed by atoms with Gasteiger partial charge in [0, 0.05) is 19.2 Å². The van der Waals surface area contributed by atoms with Gasteiger partial charge in [-0.05, 0) is 30.7 Å². The van der Waals surface area contributed by atoms with Crippen LogP contribution in [0.5, 0.6) is 11.5 Å². The minimum atomic E-state index is -0.0126. The molecule has 152 valence electrons. The number of aryl methyl sites for hydroxylation is 1. The molecule has 0 radical (unpaired) electrons. The zero-order chi connectivity index (χ0) is 20.8. The van der Waals surface area contributed by atoms with E-state index in [0.29, 0.717) is 34.7 Å². The molecule has 7 nitrogen and oxygen atoms in total. The van der Waals surface area contributed by atoms with Gasteiger partial charge in [0.1, 0.15) is 0 Å². The second-order valence-corrected chi connectivity index (χ2v) is 7.39. The number of hydrogen-bond donors (Lipinski definition) is 0. The van der Waals surface area contributed by atoms with Crippen LogP contribution in [0, 0.1) is 6.92 Å². The number of aromatic nitrogens is 2. The molecule has 1 heterocycles. The van der Waals surface area contributed by atoms with E-state index in [9.17, 15) is 4.79 Å². The van der Waals surface area contributed by atoms with Crippen LogP contribution in [0.3, 0.4) is 0 Å². The molecule has 3 rings (SSSR count). The highest BCUT2D eigenvalue weighted by Crippen LogP contribution is 2.32. The van der Waals surface area contributed by atoms with E-state index in [1.54, 1.807) is 38.3 Å². The maximum Gasteiger partial charge on any atom is 0.277 e. The van der Waals surface area contributed by atoms with E-state index >= 15 is 0 Å². The molecular weight excluding hydrogens is 390 g/mol. The van der Waals surface area contributed by atoms with Crippen LogP contribution in [-0.2, 0) is 11.3 Å². The number of hydrogen-bond acceptors (Lipinski definition) is 7. The first-order valence-electron chi connectivity index (χ1n) is 8.98. The lowest BCUT2D eigenvalue weighted by Gasteiger charge is -2.16. The van der Waals surface area contributed by atoms with Gasteiger partial charge >= 0.3 is 0 Å². The van der Waals surface area contributed by atoms with Gasteiger partial charge in [0.2, 0.25) is 11.8 Å². The van der Waals surface area contributed by atoms with Gasteiger partial charge in [0.15, 0.2) is 11.5 Å². The van der Waals surface area contributed by atoms with Gasteiger partial charge in [-0.2, -0.15) is 0 Å². The molecule has 2 aromatic carbocycles. The van der Waals surface area contributed by atoms with Crippen molar-refractivity contribution >= 4 is 17.7 Å². The molecule has 8 heteroatoms. The summed E-state index contributed by atoms with van der Waals surface area (Å²) >= 11 is 1.22. The van der Waals surface area contributed by atoms with Crippen molar-refractivity contribution in [2.75, 3.05) is 27.0 Å². The zero-order valence-corrected chi connectivity index (χ0v) is 17.7. The van der Waals surface area contributed by atoms with Gasteiger partial charge in [-0.1, -0.05) is 41.6 Å². The molecule has 0 aliphatic carbocycles. The highest BCUT2D eigenvalue weighted by molar-refractivity contribution is 7.99. The lowest BCUT2D eigenvalue weighted by Crippen LogP contribution is -2.27. The van der Waals surface area contributed by atoms with E-state index in [0.717, 1.165) is 5.56 Å². The lowest BCUT2D eigenvalue weighted by atomic mass is 10.1. The van der Waals surface area contributed by atoms with Crippen molar-refractivity contribution in [3.05, 3.63) is 53.6 Å². The molecule has 1 amide bonds. The maximum atomic E-state index is 12.4. The summed E-state index contributed by atoms with van der Waals surface area (Å²) in [7, 11) is 4.92. The van der Waals surface area contributed by atoms with Gasteiger partial charge in [-0.3, -0.25) is 4.79 Å². The molecule has 0 unspecified atom stereocenters. The molecule has 0 saturated heterocycles. The summed E-state index contributed by atoms with van der Waals surface area (Å²) in [4.78, 5) is 14.1. The Hall–Kier alpha value is -3.00. The van der Waals surface area contributed by atoms with E-state index < -0.39 is 0 Å². The zero-order valence-electron chi connectivity index (χ0n) is 16.8. The van der Waals surface area contributed by atoms with Gasteiger partial charge < -0.3 is 18.8 Å². The number of thioether (sulfide) groups is 1. The number of carbonyl (C=O) groups is 1. The van der Waals surface area contributed by atoms with Gasteiger partial charge in [-0.25, -0.2) is 0 Å². The van der Waals surface area contributed by atoms with Crippen molar-refractivity contribution < 1.29 is 18.7 Å². The Labute approximate surface area is 174 Å². The Morgan fingerprint density at radius 3 is 2.48 bits per heavy atom. The van der Waals surface area contributed by atoms with Crippen LogP contribution >= 0.6 is 11.8 Å². The summed E-state index contributed by atoms with van der Waals surface area (Å²) < 4.78 is 16.2. The Kier molecular flexibility index (Phi) is 6.77. The highest BCUT2D eigenvalue weighted by atomic mass is 32.2. The molecule has 29 heavy (non-hydrogen) atoms. The Morgan fingerprint density at radius 2 is 1.79 bits per heavy atom. The predicted molar refractivity (Wildman–Crippen MR) is 111 cm³/mol. The quantitative estimate of drug-likeness (QED) is 0.520. The van der Waals surface area contributed by atoms with Crippen LogP contribution in [0.15, 0.2) is 52.1 Å². The standard InChI is InChI=1S/C21H23N3O4S/c1-14-5-7-15(8-6-14)12-24(2)19(25)13-29-21-23-22-20(28-21)16-9-10-17(26-3)18(11-16)27-4/h5-11H,12-13H2,1-4H3. The monoisotopic (exact) mass is 413 g/mol. The normalized spacial score (nSPS) is 10.6. The van der Waals surface area contributed by atoms with Gasteiger partial charge in [0.25, 0.3) is 5.22 Å². The third-order valence-electron chi connectivity index (χ3n) is 4.32. The Morgan fingerprint density at radius 1 is 1.07 bits per heavy atom. The minimum absolute atomic E-state index is 0.0126. The predicted octanol–water partition coefficient (Wildman–Crippen LogP) is 3.81. The van der Waals surface area contributed by atoms with E-state index in [1.807, 2.05) is 37.3 Å². The molecule has 1 aromatic heterocycles. The maximum absolute atomic E-state index is 12.4. The summed E-state index contributed by atoms with van der Waals surface area (Å²) in [5, 5.41) is 8.42. The molecule has 0 saturated carbocycles. The first-order valence-corrected chi connectivity index (χ1v) is 9.97. The fourth-order valence-corrected chi connectivity index (χ4v) is 3.35. The average molecular weight is 413 g/mol. The summed E-state index contributed by atoms with van der Waals surface area (Å²) in [6, 6.07) is 13.5. The highest BCUT2D eigenvalue weighted by Gasteiger charge is 2.15. The lowest BCUT2D eigenvalue weighted by molar-refractivity contribution is -0.127. The van der Waals surface area contributed by atoms with Crippen LogP contribution in [-0.4, -0.2) is 48.0 Å². The summed E-state index contributed by atoms with van der Waals surface area (Å²) in [5.74, 6) is 1.75. The average Bonchev–Trinajstić information content (AvgIpc) is 3.22. The van der Waals surface area contributed by atoms with Crippen molar-refractivity contribution in [1.82, 2.24) is 15.1 Å². The van der Waals surface area contributed by atoms with Gasteiger partial charge in [-0.15, -0.1) is 10.2 Å². The Bertz CT molecular complexity index is 972. The van der Waals surface area contributed by atoms with E-state index in [2.05, 4.69) is 10.2 Å². The van der Waals surface area contributed by atoms with Crippen LogP contribution in [0.25, 0.3) is 11.5 Å². The third-order valence-corrected chi connectivity index (χ3v) is 5.13. The Balaban J connectivity index is 1.58. The van der Waals surface area contributed by atoms with Crippen LogP contribution in [0.4, 0.5) is 0 Å². The molecule has 3 aromatic rings. The number of nitrogens with zero attached hydrogens (tertiary/aromatic N) is 3. The largest absolute Gasteiger partial charge is 0.493 e. The summed E-state index contributed by atoms with van der Waals surface area (Å²) in [6.45, 7) is 2.59. The first kappa shape index (κ1) is 20.7.